The lowest BCUT2D eigenvalue weighted by atomic mass is 10.1. The Morgan fingerprint density at radius 2 is 1.96 bits per heavy atom. The van der Waals surface area contributed by atoms with Crippen LogP contribution < -0.4 is 10.6 Å². The van der Waals surface area contributed by atoms with E-state index in [4.69, 9.17) is 5.26 Å². The highest BCUT2D eigenvalue weighted by Crippen LogP contribution is 2.16. The van der Waals surface area contributed by atoms with Crippen molar-refractivity contribution in [2.45, 2.75) is 27.2 Å². The summed E-state index contributed by atoms with van der Waals surface area (Å²) in [5.74, 6) is 1.39. The van der Waals surface area contributed by atoms with E-state index in [9.17, 15) is 4.79 Å². The predicted octanol–water partition coefficient (Wildman–Crippen LogP) is 3.18. The van der Waals surface area contributed by atoms with Crippen molar-refractivity contribution >= 4 is 17.4 Å². The number of aromatic nitrogens is 2. The van der Waals surface area contributed by atoms with E-state index in [2.05, 4.69) is 40.5 Å². The molecule has 0 spiro atoms. The van der Waals surface area contributed by atoms with Crippen molar-refractivity contribution in [3.05, 3.63) is 47.4 Å². The molecule has 1 heterocycles. The fourth-order valence-corrected chi connectivity index (χ4v) is 2.09. The summed E-state index contributed by atoms with van der Waals surface area (Å²) in [5.41, 5.74) is 1.71. The minimum Gasteiger partial charge on any atom is -0.351 e. The number of nitriles is 1. The summed E-state index contributed by atoms with van der Waals surface area (Å²) >= 11 is 0. The first-order chi connectivity index (χ1) is 11.5. The van der Waals surface area contributed by atoms with Crippen LogP contribution in [0.1, 0.15) is 42.1 Å². The molecule has 0 aliphatic heterocycles. The lowest BCUT2D eigenvalue weighted by molar-refractivity contribution is 0.0946. The van der Waals surface area contributed by atoms with E-state index < -0.39 is 0 Å². The van der Waals surface area contributed by atoms with Gasteiger partial charge in [0.05, 0.1) is 11.6 Å². The molecule has 0 saturated heterocycles. The van der Waals surface area contributed by atoms with Crippen LogP contribution in [-0.2, 0) is 0 Å². The van der Waals surface area contributed by atoms with E-state index in [0.717, 1.165) is 12.1 Å². The second kappa shape index (κ2) is 8.06. The third-order valence-electron chi connectivity index (χ3n) is 3.36. The molecule has 0 bridgehead atoms. The Morgan fingerprint density at radius 1 is 1.25 bits per heavy atom. The van der Waals surface area contributed by atoms with Gasteiger partial charge < -0.3 is 10.6 Å². The Kier molecular flexibility index (Phi) is 5.85. The van der Waals surface area contributed by atoms with Crippen molar-refractivity contribution in [3.63, 3.8) is 0 Å². The number of amides is 1. The largest absolute Gasteiger partial charge is 0.351 e. The van der Waals surface area contributed by atoms with Gasteiger partial charge >= 0.3 is 0 Å². The van der Waals surface area contributed by atoms with Gasteiger partial charge in [-0.15, -0.1) is 0 Å². The molecule has 0 aliphatic rings. The molecule has 0 atom stereocenters. The summed E-state index contributed by atoms with van der Waals surface area (Å²) in [4.78, 5) is 20.7. The van der Waals surface area contributed by atoms with Crippen molar-refractivity contribution in [2.75, 3.05) is 11.9 Å². The summed E-state index contributed by atoms with van der Waals surface area (Å²) in [6, 6.07) is 10.7. The van der Waals surface area contributed by atoms with E-state index in [1.165, 1.54) is 0 Å². The highest BCUT2D eigenvalue weighted by Gasteiger charge is 2.10. The fraction of sp³-hybridized carbons (Fsp3) is 0.333. The molecule has 1 amide bonds. The third-order valence-corrected chi connectivity index (χ3v) is 3.36. The third kappa shape index (κ3) is 5.06. The number of rotatable bonds is 6. The molecule has 0 unspecified atom stereocenters. The van der Waals surface area contributed by atoms with Gasteiger partial charge in [-0.3, -0.25) is 4.79 Å². The number of aryl methyl sites for hydroxylation is 1. The zero-order valence-corrected chi connectivity index (χ0v) is 14.1. The van der Waals surface area contributed by atoms with Gasteiger partial charge in [0.15, 0.2) is 0 Å². The highest BCUT2D eigenvalue weighted by atomic mass is 16.1. The van der Waals surface area contributed by atoms with Crippen LogP contribution in [0.25, 0.3) is 0 Å². The van der Waals surface area contributed by atoms with Crippen LogP contribution in [0.5, 0.6) is 0 Å². The quantitative estimate of drug-likeness (QED) is 0.852. The number of carbonyl (C=O) groups is 1. The number of carbonyl (C=O) groups excluding carboxylic acids is 1. The van der Waals surface area contributed by atoms with E-state index >= 15 is 0 Å². The molecule has 0 saturated carbocycles. The van der Waals surface area contributed by atoms with Crippen LogP contribution in [-0.4, -0.2) is 22.4 Å². The molecule has 0 aliphatic carbocycles. The Hall–Kier alpha value is -2.94. The molecule has 0 fully saturated rings. The molecule has 2 N–H and O–H groups in total. The van der Waals surface area contributed by atoms with E-state index in [1.807, 2.05) is 0 Å². The summed E-state index contributed by atoms with van der Waals surface area (Å²) in [6.45, 7) is 6.59. The molecular formula is C18H21N5O. The number of hydrogen-bond acceptors (Lipinski definition) is 5. The number of benzene rings is 1. The Bertz CT molecular complexity index is 747. The van der Waals surface area contributed by atoms with Crippen molar-refractivity contribution in [2.24, 2.45) is 5.92 Å². The molecule has 0 radical (unpaired) electrons. The van der Waals surface area contributed by atoms with Crippen LogP contribution in [0, 0.1) is 24.2 Å². The predicted molar refractivity (Wildman–Crippen MR) is 93.0 cm³/mol. The van der Waals surface area contributed by atoms with Crippen molar-refractivity contribution in [1.29, 1.82) is 5.26 Å². The molecule has 6 nitrogen and oxygen atoms in total. The zero-order valence-electron chi connectivity index (χ0n) is 14.1. The van der Waals surface area contributed by atoms with E-state index in [0.29, 0.717) is 35.4 Å². The monoisotopic (exact) mass is 323 g/mol. The minimum absolute atomic E-state index is 0.205. The Morgan fingerprint density at radius 3 is 2.58 bits per heavy atom. The van der Waals surface area contributed by atoms with Crippen LogP contribution in [0.2, 0.25) is 0 Å². The average molecular weight is 323 g/mol. The van der Waals surface area contributed by atoms with Crippen LogP contribution >= 0.6 is 0 Å². The molecule has 124 valence electrons. The first kappa shape index (κ1) is 17.4. The molecular weight excluding hydrogens is 302 g/mol. The number of nitrogens with one attached hydrogen (secondary N) is 2. The maximum absolute atomic E-state index is 12.2. The van der Waals surface area contributed by atoms with Crippen molar-refractivity contribution < 1.29 is 4.79 Å². The second-order valence-electron chi connectivity index (χ2n) is 5.94. The van der Waals surface area contributed by atoms with Gasteiger partial charge in [-0.1, -0.05) is 13.8 Å². The first-order valence-electron chi connectivity index (χ1n) is 7.89. The maximum atomic E-state index is 12.2. The van der Waals surface area contributed by atoms with Gasteiger partial charge in [-0.2, -0.15) is 5.26 Å². The van der Waals surface area contributed by atoms with Crippen LogP contribution in [0.3, 0.4) is 0 Å². The molecule has 2 aromatic rings. The summed E-state index contributed by atoms with van der Waals surface area (Å²) in [5, 5.41) is 14.8. The number of anilines is 2. The highest BCUT2D eigenvalue weighted by molar-refractivity contribution is 5.93. The van der Waals surface area contributed by atoms with Crippen LogP contribution in [0.4, 0.5) is 11.5 Å². The Labute approximate surface area is 142 Å². The summed E-state index contributed by atoms with van der Waals surface area (Å²) in [6.07, 6.45) is 0.923. The maximum Gasteiger partial charge on any atom is 0.270 e. The van der Waals surface area contributed by atoms with Gasteiger partial charge in [-0.05, 0) is 43.5 Å². The number of hydrogen-bond donors (Lipinski definition) is 2. The SMILES string of the molecule is Cc1nc(Nc2ccc(C#N)cc2)cc(C(=O)NCCC(C)C)n1. The second-order valence-corrected chi connectivity index (χ2v) is 5.94. The van der Waals surface area contributed by atoms with Crippen molar-refractivity contribution in [1.82, 2.24) is 15.3 Å². The smallest absolute Gasteiger partial charge is 0.270 e. The normalized spacial score (nSPS) is 10.3. The van der Waals surface area contributed by atoms with E-state index in [-0.39, 0.29) is 5.91 Å². The van der Waals surface area contributed by atoms with Gasteiger partial charge in [-0.25, -0.2) is 9.97 Å². The lowest BCUT2D eigenvalue weighted by Crippen LogP contribution is -2.26. The topological polar surface area (TPSA) is 90.7 Å². The molecule has 1 aromatic carbocycles. The van der Waals surface area contributed by atoms with Gasteiger partial charge in [0, 0.05) is 18.3 Å². The lowest BCUT2D eigenvalue weighted by Gasteiger charge is -2.10. The standard InChI is InChI=1S/C18H21N5O/c1-12(2)8-9-20-18(24)16-10-17(22-13(3)21-16)23-15-6-4-14(11-19)5-7-15/h4-7,10,12H,8-9H2,1-3H3,(H,20,24)(H,21,22,23). The van der Waals surface area contributed by atoms with Gasteiger partial charge in [0.1, 0.15) is 17.3 Å². The number of nitrogens with zero attached hydrogens (tertiary/aromatic N) is 3. The first-order valence-corrected chi connectivity index (χ1v) is 7.89. The molecule has 1 aromatic heterocycles. The van der Waals surface area contributed by atoms with Crippen molar-refractivity contribution in [3.8, 4) is 6.07 Å². The van der Waals surface area contributed by atoms with Gasteiger partial charge in [0.2, 0.25) is 0 Å². The van der Waals surface area contributed by atoms with Gasteiger partial charge in [0.25, 0.3) is 5.91 Å². The van der Waals surface area contributed by atoms with E-state index in [1.54, 1.807) is 37.3 Å². The molecule has 2 rings (SSSR count). The Balaban J connectivity index is 2.09. The minimum atomic E-state index is -0.205. The zero-order chi connectivity index (χ0) is 17.5. The average Bonchev–Trinajstić information content (AvgIpc) is 2.54. The van der Waals surface area contributed by atoms with Crippen LogP contribution in [0.15, 0.2) is 30.3 Å². The summed E-state index contributed by atoms with van der Waals surface area (Å²) in [7, 11) is 0. The molecule has 6 heteroatoms. The fourth-order valence-electron chi connectivity index (χ4n) is 2.09. The summed E-state index contributed by atoms with van der Waals surface area (Å²) < 4.78 is 0. The molecule has 24 heavy (non-hydrogen) atoms.